The van der Waals surface area contributed by atoms with Crippen LogP contribution in [0.4, 0.5) is 0 Å². The molecule has 0 aromatic carbocycles. The molecule has 0 N–H and O–H groups in total. The van der Waals surface area contributed by atoms with Crippen LogP contribution in [0.15, 0.2) is 12.7 Å². The third-order valence-electron chi connectivity index (χ3n) is 3.73. The van der Waals surface area contributed by atoms with E-state index in [1.807, 2.05) is 0 Å². The van der Waals surface area contributed by atoms with Gasteiger partial charge >= 0.3 is 0 Å². The zero-order valence-electron chi connectivity index (χ0n) is 9.02. The van der Waals surface area contributed by atoms with E-state index in [2.05, 4.69) is 49.4 Å². The first-order chi connectivity index (χ1) is 6.05. The van der Waals surface area contributed by atoms with Crippen LogP contribution < -0.4 is 0 Å². The van der Waals surface area contributed by atoms with Crippen molar-refractivity contribution in [1.82, 2.24) is 0 Å². The van der Waals surface area contributed by atoms with Crippen LogP contribution in [-0.4, -0.2) is 5.33 Å². The SMILES string of the molecule is C=C[C@@H]1[C@@H](C(C)C)CC[C@]1(C)CBr. The molecule has 1 heteroatoms. The van der Waals surface area contributed by atoms with E-state index in [1.54, 1.807) is 0 Å². The highest BCUT2D eigenvalue weighted by atomic mass is 79.9. The Morgan fingerprint density at radius 2 is 2.23 bits per heavy atom. The van der Waals surface area contributed by atoms with Crippen LogP contribution >= 0.6 is 15.9 Å². The largest absolute Gasteiger partial charge is 0.103 e. The van der Waals surface area contributed by atoms with E-state index in [0.29, 0.717) is 11.3 Å². The van der Waals surface area contributed by atoms with E-state index in [1.165, 1.54) is 12.8 Å². The van der Waals surface area contributed by atoms with Crippen LogP contribution in [0, 0.1) is 23.2 Å². The Bertz CT molecular complexity index is 186. The zero-order valence-corrected chi connectivity index (χ0v) is 10.6. The average Bonchev–Trinajstić information content (AvgIpc) is 2.43. The van der Waals surface area contributed by atoms with Gasteiger partial charge in [-0.2, -0.15) is 0 Å². The van der Waals surface area contributed by atoms with E-state index in [0.717, 1.165) is 17.2 Å². The lowest BCUT2D eigenvalue weighted by Crippen LogP contribution is -2.27. The van der Waals surface area contributed by atoms with Gasteiger partial charge in [-0.05, 0) is 36.0 Å². The summed E-state index contributed by atoms with van der Waals surface area (Å²) in [5, 5.41) is 1.11. The molecule has 0 aliphatic heterocycles. The number of alkyl halides is 1. The van der Waals surface area contributed by atoms with E-state index in [4.69, 9.17) is 0 Å². The van der Waals surface area contributed by atoms with E-state index in [-0.39, 0.29) is 0 Å². The Hall–Kier alpha value is 0.220. The smallest absolute Gasteiger partial charge is 0.00910 e. The summed E-state index contributed by atoms with van der Waals surface area (Å²) in [6.45, 7) is 11.1. The Balaban J connectivity index is 2.80. The van der Waals surface area contributed by atoms with Crippen molar-refractivity contribution in [3.8, 4) is 0 Å². The van der Waals surface area contributed by atoms with Gasteiger partial charge in [0, 0.05) is 5.33 Å². The summed E-state index contributed by atoms with van der Waals surface area (Å²) in [6.07, 6.45) is 4.90. The van der Waals surface area contributed by atoms with Crippen molar-refractivity contribution in [1.29, 1.82) is 0 Å². The van der Waals surface area contributed by atoms with Crippen molar-refractivity contribution < 1.29 is 0 Å². The molecule has 1 rings (SSSR count). The van der Waals surface area contributed by atoms with E-state index >= 15 is 0 Å². The molecule has 0 aromatic heterocycles. The fraction of sp³-hybridized carbons (Fsp3) is 0.833. The predicted octanol–water partition coefficient (Wildman–Crippen LogP) is 4.26. The third-order valence-corrected chi connectivity index (χ3v) is 5.01. The molecule has 0 aromatic rings. The standard InChI is InChI=1S/C12H21Br/c1-5-11-10(9(2)3)6-7-12(11,4)8-13/h5,9-11H,1,6-8H2,2-4H3/t10-,11-,12-/m1/s1. The summed E-state index contributed by atoms with van der Waals surface area (Å²) >= 11 is 3.64. The van der Waals surface area contributed by atoms with Crippen LogP contribution in [-0.2, 0) is 0 Å². The fourth-order valence-corrected chi connectivity index (χ4v) is 3.38. The van der Waals surface area contributed by atoms with Gasteiger partial charge in [0.25, 0.3) is 0 Å². The van der Waals surface area contributed by atoms with Gasteiger partial charge in [0.2, 0.25) is 0 Å². The number of hydrogen-bond donors (Lipinski definition) is 0. The normalized spacial score (nSPS) is 39.8. The summed E-state index contributed by atoms with van der Waals surface area (Å²) in [7, 11) is 0. The molecular weight excluding hydrogens is 224 g/mol. The summed E-state index contributed by atoms with van der Waals surface area (Å²) in [5.41, 5.74) is 0.455. The van der Waals surface area contributed by atoms with Gasteiger partial charge in [-0.3, -0.25) is 0 Å². The summed E-state index contributed by atoms with van der Waals surface area (Å²) in [5.74, 6) is 2.34. The molecule has 0 amide bonds. The zero-order chi connectivity index (χ0) is 10.1. The summed E-state index contributed by atoms with van der Waals surface area (Å²) < 4.78 is 0. The maximum atomic E-state index is 4.00. The first kappa shape index (κ1) is 11.3. The molecule has 13 heavy (non-hydrogen) atoms. The van der Waals surface area contributed by atoms with Gasteiger partial charge in [0.1, 0.15) is 0 Å². The second-order valence-electron chi connectivity index (χ2n) is 5.00. The van der Waals surface area contributed by atoms with Crippen LogP contribution in [0.3, 0.4) is 0 Å². The molecule has 76 valence electrons. The molecule has 0 bridgehead atoms. The number of allylic oxidation sites excluding steroid dienone is 1. The molecule has 0 nitrogen and oxygen atoms in total. The van der Waals surface area contributed by atoms with Gasteiger partial charge in [-0.25, -0.2) is 0 Å². The highest BCUT2D eigenvalue weighted by molar-refractivity contribution is 9.09. The molecule has 0 spiro atoms. The topological polar surface area (TPSA) is 0 Å². The number of rotatable bonds is 3. The van der Waals surface area contributed by atoms with Crippen LogP contribution in [0.25, 0.3) is 0 Å². The highest BCUT2D eigenvalue weighted by Gasteiger charge is 2.43. The van der Waals surface area contributed by atoms with E-state index < -0.39 is 0 Å². The van der Waals surface area contributed by atoms with Crippen molar-refractivity contribution in [3.05, 3.63) is 12.7 Å². The lowest BCUT2D eigenvalue weighted by molar-refractivity contribution is 0.243. The Morgan fingerprint density at radius 1 is 1.62 bits per heavy atom. The quantitative estimate of drug-likeness (QED) is 0.515. The monoisotopic (exact) mass is 244 g/mol. The van der Waals surface area contributed by atoms with Gasteiger partial charge < -0.3 is 0 Å². The van der Waals surface area contributed by atoms with Crippen LogP contribution in [0.2, 0.25) is 0 Å². The lowest BCUT2D eigenvalue weighted by atomic mass is 9.75. The minimum atomic E-state index is 0.455. The lowest BCUT2D eigenvalue weighted by Gasteiger charge is -2.31. The summed E-state index contributed by atoms with van der Waals surface area (Å²) in [6, 6.07) is 0. The minimum Gasteiger partial charge on any atom is -0.103 e. The molecule has 0 saturated heterocycles. The molecule has 0 radical (unpaired) electrons. The van der Waals surface area contributed by atoms with Gasteiger partial charge in [-0.15, -0.1) is 6.58 Å². The van der Waals surface area contributed by atoms with Gasteiger partial charge in [0.05, 0.1) is 0 Å². The molecule has 1 aliphatic carbocycles. The highest BCUT2D eigenvalue weighted by Crippen LogP contribution is 2.50. The molecule has 0 heterocycles. The molecule has 1 saturated carbocycles. The second kappa shape index (κ2) is 4.16. The first-order valence-electron chi connectivity index (χ1n) is 5.23. The van der Waals surface area contributed by atoms with Crippen molar-refractivity contribution in [2.24, 2.45) is 23.2 Å². The third kappa shape index (κ3) is 2.01. The maximum Gasteiger partial charge on any atom is 0.00910 e. The summed E-state index contributed by atoms with van der Waals surface area (Å²) in [4.78, 5) is 0. The fourth-order valence-electron chi connectivity index (χ4n) is 2.72. The van der Waals surface area contributed by atoms with Crippen LogP contribution in [0.1, 0.15) is 33.6 Å². The Labute approximate surface area is 90.9 Å². The second-order valence-corrected chi connectivity index (χ2v) is 5.56. The van der Waals surface area contributed by atoms with Crippen molar-refractivity contribution >= 4 is 15.9 Å². The molecule has 1 fully saturated rings. The predicted molar refractivity (Wildman–Crippen MR) is 63.2 cm³/mol. The van der Waals surface area contributed by atoms with Crippen molar-refractivity contribution in [3.63, 3.8) is 0 Å². The number of halogens is 1. The average molecular weight is 245 g/mol. The van der Waals surface area contributed by atoms with Gasteiger partial charge in [0.15, 0.2) is 0 Å². The Morgan fingerprint density at radius 3 is 2.62 bits per heavy atom. The Kier molecular flexibility index (Phi) is 3.62. The van der Waals surface area contributed by atoms with Gasteiger partial charge in [-0.1, -0.05) is 42.8 Å². The maximum absolute atomic E-state index is 4.00. The van der Waals surface area contributed by atoms with E-state index in [9.17, 15) is 0 Å². The molecular formula is C12H21Br. The molecule has 3 atom stereocenters. The van der Waals surface area contributed by atoms with Crippen molar-refractivity contribution in [2.75, 3.05) is 5.33 Å². The molecule has 1 aliphatic rings. The first-order valence-corrected chi connectivity index (χ1v) is 6.36. The van der Waals surface area contributed by atoms with Crippen molar-refractivity contribution in [2.45, 2.75) is 33.6 Å². The minimum absolute atomic E-state index is 0.455. The van der Waals surface area contributed by atoms with Crippen LogP contribution in [0.5, 0.6) is 0 Å². The molecule has 0 unspecified atom stereocenters. The number of hydrogen-bond acceptors (Lipinski definition) is 0.